The number of benzene rings is 2. The third-order valence-corrected chi connectivity index (χ3v) is 4.98. The van der Waals surface area contributed by atoms with E-state index in [1.54, 1.807) is 26.4 Å². The molecule has 0 aliphatic rings. The molecule has 5 heteroatoms. The Hall–Kier alpha value is -2.66. The molecule has 0 spiro atoms. The molecule has 0 aliphatic heterocycles. The zero-order valence-corrected chi connectivity index (χ0v) is 16.2. The van der Waals surface area contributed by atoms with Crippen LogP contribution in [0.3, 0.4) is 0 Å². The van der Waals surface area contributed by atoms with Crippen molar-refractivity contribution in [3.63, 3.8) is 0 Å². The summed E-state index contributed by atoms with van der Waals surface area (Å²) >= 11 is 0. The summed E-state index contributed by atoms with van der Waals surface area (Å²) in [6.45, 7) is 11.5. The first-order valence-electron chi connectivity index (χ1n) is 7.91. The van der Waals surface area contributed by atoms with Gasteiger partial charge in [0.1, 0.15) is 11.5 Å². The van der Waals surface area contributed by atoms with Crippen molar-refractivity contribution in [3.8, 4) is 23.0 Å². The summed E-state index contributed by atoms with van der Waals surface area (Å²) in [7, 11) is 0.678. The molecular formula is C20H24O4Si. The van der Waals surface area contributed by atoms with Gasteiger partial charge in [-0.25, -0.2) is 0 Å². The van der Waals surface area contributed by atoms with Crippen LogP contribution in [0.4, 0.5) is 0 Å². The molecule has 0 bridgehead atoms. The van der Waals surface area contributed by atoms with Gasteiger partial charge in [-0.15, -0.1) is 0 Å². The molecule has 0 heterocycles. The fourth-order valence-corrected chi connectivity index (χ4v) is 3.78. The van der Waals surface area contributed by atoms with Gasteiger partial charge in [-0.05, 0) is 35.4 Å². The standard InChI is InChI=1S/C20H24O4Si/c1-7-15-9-11-17(19(13-15)21-3)23-25(5,6)24-18-12-10-16(8-2)14-20(18)22-4/h7-14H,1-2H2,3-6H3. The van der Waals surface area contributed by atoms with Crippen molar-refractivity contribution < 1.29 is 18.3 Å². The summed E-state index contributed by atoms with van der Waals surface area (Å²) < 4.78 is 23.2. The Bertz CT molecular complexity index is 705. The molecule has 0 N–H and O–H groups in total. The van der Waals surface area contributed by atoms with Crippen LogP contribution in [0.5, 0.6) is 23.0 Å². The van der Waals surface area contributed by atoms with E-state index in [0.29, 0.717) is 23.0 Å². The lowest BCUT2D eigenvalue weighted by Gasteiger charge is -2.26. The van der Waals surface area contributed by atoms with Gasteiger partial charge in [0.2, 0.25) is 0 Å². The molecule has 2 rings (SSSR count). The van der Waals surface area contributed by atoms with Gasteiger partial charge in [-0.1, -0.05) is 37.4 Å². The van der Waals surface area contributed by atoms with E-state index >= 15 is 0 Å². The molecule has 0 saturated heterocycles. The highest BCUT2D eigenvalue weighted by Gasteiger charge is 2.31. The first-order valence-corrected chi connectivity index (χ1v) is 10.7. The summed E-state index contributed by atoms with van der Waals surface area (Å²) in [5, 5.41) is 0. The molecule has 0 aliphatic carbocycles. The van der Waals surface area contributed by atoms with Crippen molar-refractivity contribution in [1.29, 1.82) is 0 Å². The van der Waals surface area contributed by atoms with E-state index in [9.17, 15) is 0 Å². The minimum absolute atomic E-state index is 0.645. The zero-order valence-electron chi connectivity index (χ0n) is 15.2. The van der Waals surface area contributed by atoms with Gasteiger partial charge >= 0.3 is 8.56 Å². The van der Waals surface area contributed by atoms with Gasteiger partial charge in [-0.2, -0.15) is 0 Å². The fraction of sp³-hybridized carbons (Fsp3) is 0.200. The Labute approximate surface area is 150 Å². The van der Waals surface area contributed by atoms with E-state index in [0.717, 1.165) is 11.1 Å². The summed E-state index contributed by atoms with van der Waals surface area (Å²) in [4.78, 5) is 0. The topological polar surface area (TPSA) is 36.9 Å². The second-order valence-electron chi connectivity index (χ2n) is 5.83. The average Bonchev–Trinajstić information content (AvgIpc) is 2.61. The number of rotatable bonds is 8. The van der Waals surface area contributed by atoms with Crippen LogP contribution in [0.25, 0.3) is 12.2 Å². The van der Waals surface area contributed by atoms with Crippen LogP contribution in [0.15, 0.2) is 49.6 Å². The number of ether oxygens (including phenoxy) is 2. The van der Waals surface area contributed by atoms with Crippen LogP contribution in [0, 0.1) is 0 Å². The van der Waals surface area contributed by atoms with Crippen molar-refractivity contribution in [2.45, 2.75) is 13.1 Å². The van der Waals surface area contributed by atoms with Gasteiger partial charge in [0.25, 0.3) is 0 Å². The van der Waals surface area contributed by atoms with Crippen molar-refractivity contribution in [3.05, 3.63) is 60.7 Å². The highest BCUT2D eigenvalue weighted by Crippen LogP contribution is 2.34. The Kier molecular flexibility index (Phi) is 5.93. The lowest BCUT2D eigenvalue weighted by molar-refractivity contribution is 0.346. The predicted octanol–water partition coefficient (Wildman–Crippen LogP) is 5.15. The third-order valence-electron chi connectivity index (χ3n) is 3.56. The van der Waals surface area contributed by atoms with Crippen LogP contribution in [-0.2, 0) is 0 Å². The summed E-state index contributed by atoms with van der Waals surface area (Å²) in [6, 6.07) is 11.3. The second-order valence-corrected chi connectivity index (χ2v) is 9.04. The molecule has 0 saturated carbocycles. The smallest absolute Gasteiger partial charge is 0.454 e. The Morgan fingerprint density at radius 3 is 1.44 bits per heavy atom. The van der Waals surface area contributed by atoms with Gasteiger partial charge in [0.05, 0.1) is 14.2 Å². The molecule has 2 aromatic carbocycles. The summed E-state index contributed by atoms with van der Waals surface area (Å²) in [6.07, 6.45) is 3.52. The molecule has 2 aromatic rings. The molecule has 132 valence electrons. The maximum atomic E-state index is 6.17. The molecule has 0 atom stereocenters. The predicted molar refractivity (Wildman–Crippen MR) is 105 cm³/mol. The first kappa shape index (κ1) is 18.7. The molecule has 4 nitrogen and oxygen atoms in total. The Morgan fingerprint density at radius 1 is 0.720 bits per heavy atom. The van der Waals surface area contributed by atoms with Crippen molar-refractivity contribution in [1.82, 2.24) is 0 Å². The van der Waals surface area contributed by atoms with Crippen molar-refractivity contribution in [2.24, 2.45) is 0 Å². The molecule has 25 heavy (non-hydrogen) atoms. The average molecular weight is 356 g/mol. The van der Waals surface area contributed by atoms with E-state index in [4.69, 9.17) is 18.3 Å². The Morgan fingerprint density at radius 2 is 1.12 bits per heavy atom. The van der Waals surface area contributed by atoms with Crippen LogP contribution in [-0.4, -0.2) is 22.8 Å². The number of hydrogen-bond acceptors (Lipinski definition) is 4. The maximum absolute atomic E-state index is 6.17. The van der Waals surface area contributed by atoms with Gasteiger partial charge < -0.3 is 18.3 Å². The van der Waals surface area contributed by atoms with E-state index in [1.165, 1.54) is 0 Å². The van der Waals surface area contributed by atoms with E-state index in [2.05, 4.69) is 13.2 Å². The molecule has 0 fully saturated rings. The third kappa shape index (κ3) is 4.67. The first-order chi connectivity index (χ1) is 11.9. The Balaban J connectivity index is 2.25. The van der Waals surface area contributed by atoms with Crippen LogP contribution in [0.2, 0.25) is 13.1 Å². The lowest BCUT2D eigenvalue weighted by atomic mass is 10.2. The second kappa shape index (κ2) is 7.94. The van der Waals surface area contributed by atoms with E-state index in [-0.39, 0.29) is 0 Å². The monoisotopic (exact) mass is 356 g/mol. The van der Waals surface area contributed by atoms with Crippen LogP contribution in [0.1, 0.15) is 11.1 Å². The van der Waals surface area contributed by atoms with E-state index in [1.807, 2.05) is 49.5 Å². The van der Waals surface area contributed by atoms with Crippen molar-refractivity contribution >= 4 is 20.7 Å². The van der Waals surface area contributed by atoms with Gasteiger partial charge in [0, 0.05) is 13.1 Å². The van der Waals surface area contributed by atoms with Gasteiger partial charge in [-0.3, -0.25) is 0 Å². The normalized spacial score (nSPS) is 10.7. The summed E-state index contributed by atoms with van der Waals surface area (Å²) in [5.41, 5.74) is 1.93. The van der Waals surface area contributed by atoms with Crippen LogP contribution < -0.4 is 18.3 Å². The zero-order chi connectivity index (χ0) is 18.4. The minimum Gasteiger partial charge on any atom is -0.509 e. The van der Waals surface area contributed by atoms with Crippen LogP contribution >= 0.6 is 0 Å². The van der Waals surface area contributed by atoms with Crippen molar-refractivity contribution in [2.75, 3.05) is 14.2 Å². The highest BCUT2D eigenvalue weighted by atomic mass is 28.4. The fourth-order valence-electron chi connectivity index (χ4n) is 2.34. The van der Waals surface area contributed by atoms with E-state index < -0.39 is 8.56 Å². The van der Waals surface area contributed by atoms with Gasteiger partial charge in [0.15, 0.2) is 11.5 Å². The number of hydrogen-bond donors (Lipinski definition) is 0. The maximum Gasteiger partial charge on any atom is 0.454 e. The lowest BCUT2D eigenvalue weighted by Crippen LogP contribution is -2.42. The SMILES string of the molecule is C=Cc1ccc(O[Si](C)(C)Oc2ccc(C=C)cc2OC)c(OC)c1. The molecule has 0 amide bonds. The molecule has 0 aromatic heterocycles. The molecule has 0 radical (unpaired) electrons. The summed E-state index contributed by atoms with van der Waals surface area (Å²) in [5.74, 6) is 2.59. The largest absolute Gasteiger partial charge is 0.509 e. The number of methoxy groups -OCH3 is 2. The minimum atomic E-state index is -2.55. The highest BCUT2D eigenvalue weighted by molar-refractivity contribution is 6.66. The quantitative estimate of drug-likeness (QED) is 0.613. The molecule has 0 unspecified atom stereocenters. The molecular weight excluding hydrogens is 332 g/mol.